The number of aryl methyl sites for hydroxylation is 2. The maximum absolute atomic E-state index is 12.3. The van der Waals surface area contributed by atoms with Crippen molar-refractivity contribution in [3.05, 3.63) is 71.9 Å². The van der Waals surface area contributed by atoms with Gasteiger partial charge in [0.15, 0.2) is 5.75 Å². The minimum atomic E-state index is -3.68. The molecule has 2 aromatic carbocycles. The van der Waals surface area contributed by atoms with E-state index in [2.05, 4.69) is 4.98 Å². The summed E-state index contributed by atoms with van der Waals surface area (Å²) in [6, 6.07) is 18.5. The lowest BCUT2D eigenvalue weighted by molar-refractivity contribution is 0.487. The molecule has 0 aliphatic rings. The maximum atomic E-state index is 12.3. The molecular weight excluding hydrogens is 310 g/mol. The van der Waals surface area contributed by atoms with Crippen LogP contribution in [0, 0.1) is 6.92 Å². The van der Waals surface area contributed by atoms with Crippen molar-refractivity contribution in [2.75, 3.05) is 5.75 Å². The van der Waals surface area contributed by atoms with Gasteiger partial charge in [-0.05, 0) is 31.0 Å². The lowest BCUT2D eigenvalue weighted by atomic mass is 10.2. The molecule has 1 heterocycles. The second kappa shape index (κ2) is 6.38. The average Bonchev–Trinajstić information content (AvgIpc) is 2.54. The van der Waals surface area contributed by atoms with E-state index in [-0.39, 0.29) is 11.5 Å². The van der Waals surface area contributed by atoms with Gasteiger partial charge in [-0.1, -0.05) is 48.5 Å². The second-order valence-electron chi connectivity index (χ2n) is 5.36. The molecule has 3 rings (SSSR count). The lowest BCUT2D eigenvalue weighted by Crippen LogP contribution is -2.16. The van der Waals surface area contributed by atoms with Gasteiger partial charge in [-0.2, -0.15) is 8.42 Å². The summed E-state index contributed by atoms with van der Waals surface area (Å²) < 4.78 is 29.8. The standard InChI is InChI=1S/C18H17NO3S/c1-14-10-11-16-8-5-9-17(18(16)19-14)22-23(20,21)13-12-15-6-3-2-4-7-15/h2-11H,12-13H2,1H3. The van der Waals surface area contributed by atoms with Gasteiger partial charge >= 0.3 is 10.1 Å². The molecule has 0 N–H and O–H groups in total. The van der Waals surface area contributed by atoms with Gasteiger partial charge in [-0.25, -0.2) is 4.98 Å². The van der Waals surface area contributed by atoms with Gasteiger partial charge in [0.2, 0.25) is 0 Å². The van der Waals surface area contributed by atoms with E-state index in [1.54, 1.807) is 12.1 Å². The highest BCUT2D eigenvalue weighted by atomic mass is 32.2. The molecule has 0 aliphatic heterocycles. The van der Waals surface area contributed by atoms with E-state index in [0.29, 0.717) is 11.9 Å². The number of benzene rings is 2. The quantitative estimate of drug-likeness (QED) is 0.673. The second-order valence-corrected chi connectivity index (χ2v) is 7.05. The fourth-order valence-corrected chi connectivity index (χ4v) is 3.33. The van der Waals surface area contributed by atoms with Crippen LogP contribution < -0.4 is 4.18 Å². The Morgan fingerprint density at radius 2 is 1.74 bits per heavy atom. The summed E-state index contributed by atoms with van der Waals surface area (Å²) in [7, 11) is -3.68. The van der Waals surface area contributed by atoms with E-state index in [0.717, 1.165) is 16.6 Å². The van der Waals surface area contributed by atoms with Crippen molar-refractivity contribution in [2.45, 2.75) is 13.3 Å². The highest BCUT2D eigenvalue weighted by Crippen LogP contribution is 2.25. The smallest absolute Gasteiger partial charge is 0.309 e. The van der Waals surface area contributed by atoms with Crippen LogP contribution in [0.25, 0.3) is 10.9 Å². The van der Waals surface area contributed by atoms with Crippen molar-refractivity contribution >= 4 is 21.0 Å². The molecule has 5 heteroatoms. The van der Waals surface area contributed by atoms with Crippen molar-refractivity contribution in [3.63, 3.8) is 0 Å². The monoisotopic (exact) mass is 327 g/mol. The number of aromatic nitrogens is 1. The van der Waals surface area contributed by atoms with E-state index in [1.807, 2.05) is 55.5 Å². The molecule has 0 saturated carbocycles. The third kappa shape index (κ3) is 3.87. The Morgan fingerprint density at radius 3 is 2.52 bits per heavy atom. The molecule has 0 saturated heterocycles. The van der Waals surface area contributed by atoms with Crippen molar-refractivity contribution in [1.82, 2.24) is 4.98 Å². The largest absolute Gasteiger partial charge is 0.380 e. The van der Waals surface area contributed by atoms with E-state index in [9.17, 15) is 8.42 Å². The number of pyridine rings is 1. The van der Waals surface area contributed by atoms with Crippen molar-refractivity contribution < 1.29 is 12.6 Å². The van der Waals surface area contributed by atoms with Crippen molar-refractivity contribution in [3.8, 4) is 5.75 Å². The van der Waals surface area contributed by atoms with Gasteiger partial charge in [0.05, 0.1) is 5.75 Å². The molecule has 4 nitrogen and oxygen atoms in total. The average molecular weight is 327 g/mol. The Bertz CT molecular complexity index is 921. The predicted octanol–water partition coefficient (Wildman–Crippen LogP) is 3.49. The van der Waals surface area contributed by atoms with Gasteiger partial charge < -0.3 is 4.18 Å². The summed E-state index contributed by atoms with van der Waals surface area (Å²) in [5, 5.41) is 0.853. The van der Waals surface area contributed by atoms with Crippen LogP contribution in [0.1, 0.15) is 11.3 Å². The number of nitrogens with zero attached hydrogens (tertiary/aromatic N) is 1. The maximum Gasteiger partial charge on any atom is 0.309 e. The third-order valence-electron chi connectivity index (χ3n) is 3.52. The van der Waals surface area contributed by atoms with Crippen LogP contribution in [0.3, 0.4) is 0 Å². The number of hydrogen-bond acceptors (Lipinski definition) is 4. The summed E-state index contributed by atoms with van der Waals surface area (Å²) in [4.78, 5) is 4.39. The number of fused-ring (bicyclic) bond motifs is 1. The van der Waals surface area contributed by atoms with Crippen LogP contribution in [0.4, 0.5) is 0 Å². The normalized spacial score (nSPS) is 11.5. The number of rotatable bonds is 5. The molecule has 23 heavy (non-hydrogen) atoms. The minimum absolute atomic E-state index is 0.0702. The molecule has 0 fully saturated rings. The molecule has 0 atom stereocenters. The summed E-state index contributed by atoms with van der Waals surface area (Å²) in [6.45, 7) is 1.86. The molecule has 0 radical (unpaired) electrons. The molecule has 3 aromatic rings. The highest BCUT2D eigenvalue weighted by molar-refractivity contribution is 7.87. The van der Waals surface area contributed by atoms with Crippen LogP contribution in [-0.2, 0) is 16.5 Å². The summed E-state index contributed by atoms with van der Waals surface area (Å²) in [6.07, 6.45) is 0.417. The molecule has 0 amide bonds. The van der Waals surface area contributed by atoms with E-state index in [1.165, 1.54) is 0 Å². The first-order valence-electron chi connectivity index (χ1n) is 7.36. The van der Waals surface area contributed by atoms with Gasteiger partial charge in [0, 0.05) is 11.1 Å². The highest BCUT2D eigenvalue weighted by Gasteiger charge is 2.15. The first-order valence-corrected chi connectivity index (χ1v) is 8.94. The Labute approximate surface area is 135 Å². The van der Waals surface area contributed by atoms with Gasteiger partial charge in [0.1, 0.15) is 5.52 Å². The molecular formula is C18H17NO3S. The molecule has 118 valence electrons. The van der Waals surface area contributed by atoms with Crippen LogP contribution in [-0.4, -0.2) is 19.2 Å². The first-order chi connectivity index (χ1) is 11.0. The Morgan fingerprint density at radius 1 is 0.957 bits per heavy atom. The van der Waals surface area contributed by atoms with Gasteiger partial charge in [-0.3, -0.25) is 0 Å². The fourth-order valence-electron chi connectivity index (χ4n) is 2.35. The number of hydrogen-bond donors (Lipinski definition) is 0. The topological polar surface area (TPSA) is 56.3 Å². The molecule has 0 unspecified atom stereocenters. The Hall–Kier alpha value is -2.40. The summed E-state index contributed by atoms with van der Waals surface area (Å²) in [5.41, 5.74) is 2.34. The molecule has 1 aromatic heterocycles. The van der Waals surface area contributed by atoms with Gasteiger partial charge in [0.25, 0.3) is 0 Å². The Balaban J connectivity index is 1.82. The summed E-state index contributed by atoms with van der Waals surface area (Å²) >= 11 is 0. The van der Waals surface area contributed by atoms with Crippen LogP contribution in [0.15, 0.2) is 60.7 Å². The van der Waals surface area contributed by atoms with Crippen molar-refractivity contribution in [2.24, 2.45) is 0 Å². The van der Waals surface area contributed by atoms with Crippen LogP contribution in [0.5, 0.6) is 5.75 Å². The van der Waals surface area contributed by atoms with Crippen molar-refractivity contribution in [1.29, 1.82) is 0 Å². The molecule has 0 spiro atoms. The zero-order valence-electron chi connectivity index (χ0n) is 12.8. The lowest BCUT2D eigenvalue weighted by Gasteiger charge is -2.09. The van der Waals surface area contributed by atoms with E-state index >= 15 is 0 Å². The predicted molar refractivity (Wildman–Crippen MR) is 91.0 cm³/mol. The summed E-state index contributed by atoms with van der Waals surface area (Å²) in [5.74, 6) is 0.207. The van der Waals surface area contributed by atoms with Crippen LogP contribution in [0.2, 0.25) is 0 Å². The zero-order valence-corrected chi connectivity index (χ0v) is 13.6. The molecule has 0 bridgehead atoms. The van der Waals surface area contributed by atoms with E-state index in [4.69, 9.17) is 4.18 Å². The SMILES string of the molecule is Cc1ccc2cccc(OS(=O)(=O)CCc3ccccc3)c2n1. The molecule has 0 aliphatic carbocycles. The first kappa shape index (κ1) is 15.5. The fraction of sp³-hybridized carbons (Fsp3) is 0.167. The van der Waals surface area contributed by atoms with Gasteiger partial charge in [-0.15, -0.1) is 0 Å². The zero-order chi connectivity index (χ0) is 16.3. The number of para-hydroxylation sites is 1. The third-order valence-corrected chi connectivity index (χ3v) is 4.66. The Kier molecular flexibility index (Phi) is 4.30. The minimum Gasteiger partial charge on any atom is -0.380 e. The van der Waals surface area contributed by atoms with Crippen LogP contribution >= 0.6 is 0 Å². The van der Waals surface area contributed by atoms with E-state index < -0.39 is 10.1 Å².